The van der Waals surface area contributed by atoms with Gasteiger partial charge in [0.05, 0.1) is 6.20 Å². The van der Waals surface area contributed by atoms with Crippen molar-refractivity contribution in [1.82, 2.24) is 14.6 Å². The molecule has 0 atom stereocenters. The Morgan fingerprint density at radius 1 is 0.879 bits per heavy atom. The molecule has 2 aromatic heterocycles. The Balaban J connectivity index is 1.35. The first-order chi connectivity index (χ1) is 15.9. The topological polar surface area (TPSA) is 54.7 Å². The van der Waals surface area contributed by atoms with E-state index in [4.69, 9.17) is 0 Å². The standard InChI is InChI=1S/C24H22F3N5O/c25-24(26,27)33-20-10-4-17(5-11-20)21-16-28-32-15-12-22(30-23(21)32)29-18-6-8-19(9-7-18)31-13-2-1-3-14-31/h4-12,15-16H,1-3,13-14H2,(H,29,30). The summed E-state index contributed by atoms with van der Waals surface area (Å²) in [5.41, 5.74) is 4.13. The van der Waals surface area contributed by atoms with Gasteiger partial charge in [0, 0.05) is 36.2 Å². The summed E-state index contributed by atoms with van der Waals surface area (Å²) in [6, 6.07) is 15.8. The number of aromatic nitrogens is 3. The molecule has 9 heteroatoms. The van der Waals surface area contributed by atoms with Crippen LogP contribution in [0.15, 0.2) is 67.0 Å². The number of fused-ring (bicyclic) bond motifs is 1. The predicted octanol–water partition coefficient (Wildman–Crippen LogP) is 6.03. The molecule has 6 nitrogen and oxygen atoms in total. The Morgan fingerprint density at radius 3 is 2.30 bits per heavy atom. The number of nitrogens with one attached hydrogen (secondary N) is 1. The molecule has 1 fully saturated rings. The minimum Gasteiger partial charge on any atom is -0.406 e. The van der Waals surface area contributed by atoms with Crippen molar-refractivity contribution in [2.45, 2.75) is 25.6 Å². The Morgan fingerprint density at radius 2 is 1.61 bits per heavy atom. The Hall–Kier alpha value is -3.75. The van der Waals surface area contributed by atoms with Crippen molar-refractivity contribution in [3.63, 3.8) is 0 Å². The van der Waals surface area contributed by atoms with Gasteiger partial charge in [-0.2, -0.15) is 5.10 Å². The number of benzene rings is 2. The lowest BCUT2D eigenvalue weighted by molar-refractivity contribution is -0.274. The van der Waals surface area contributed by atoms with Gasteiger partial charge in [0.2, 0.25) is 0 Å². The van der Waals surface area contributed by atoms with E-state index < -0.39 is 6.36 Å². The Bertz CT molecular complexity index is 1230. The smallest absolute Gasteiger partial charge is 0.406 e. The number of ether oxygens (including phenoxy) is 1. The van der Waals surface area contributed by atoms with Crippen LogP contribution in [0.2, 0.25) is 0 Å². The third-order valence-electron chi connectivity index (χ3n) is 5.63. The summed E-state index contributed by atoms with van der Waals surface area (Å²) >= 11 is 0. The summed E-state index contributed by atoms with van der Waals surface area (Å²) in [7, 11) is 0. The first kappa shape index (κ1) is 21.1. The number of nitrogens with zero attached hydrogens (tertiary/aromatic N) is 4. The maximum atomic E-state index is 12.4. The maximum Gasteiger partial charge on any atom is 0.573 e. The van der Waals surface area contributed by atoms with Gasteiger partial charge in [0.1, 0.15) is 11.6 Å². The van der Waals surface area contributed by atoms with Crippen LogP contribution >= 0.6 is 0 Å². The van der Waals surface area contributed by atoms with Crippen LogP contribution in [0.4, 0.5) is 30.4 Å². The van der Waals surface area contributed by atoms with Crippen molar-refractivity contribution in [2.24, 2.45) is 0 Å². The van der Waals surface area contributed by atoms with Crippen LogP contribution in [0.25, 0.3) is 16.8 Å². The molecule has 3 heterocycles. The van der Waals surface area contributed by atoms with Gasteiger partial charge in [-0.1, -0.05) is 12.1 Å². The zero-order valence-corrected chi connectivity index (χ0v) is 17.7. The Labute approximate surface area is 188 Å². The number of alkyl halides is 3. The third-order valence-corrected chi connectivity index (χ3v) is 5.63. The van der Waals surface area contributed by atoms with Crippen LogP contribution in [0, 0.1) is 0 Å². The quantitative estimate of drug-likeness (QED) is 0.400. The lowest BCUT2D eigenvalue weighted by atomic mass is 10.1. The van der Waals surface area contributed by atoms with Crippen LogP contribution in [0.3, 0.4) is 0 Å². The van der Waals surface area contributed by atoms with Crippen molar-refractivity contribution in [3.8, 4) is 16.9 Å². The van der Waals surface area contributed by atoms with E-state index in [2.05, 4.69) is 37.2 Å². The molecule has 1 aliphatic rings. The summed E-state index contributed by atoms with van der Waals surface area (Å²) < 4.78 is 42.8. The van der Waals surface area contributed by atoms with Crippen molar-refractivity contribution in [3.05, 3.63) is 67.0 Å². The molecule has 170 valence electrons. The minimum absolute atomic E-state index is 0.272. The van der Waals surface area contributed by atoms with Crippen LogP contribution in [0.1, 0.15) is 19.3 Å². The Kier molecular flexibility index (Phi) is 5.53. The fraction of sp³-hybridized carbons (Fsp3) is 0.250. The molecular formula is C24H22F3N5O. The first-order valence-electron chi connectivity index (χ1n) is 10.8. The number of hydrogen-bond acceptors (Lipinski definition) is 5. The number of halogens is 3. The fourth-order valence-electron chi connectivity index (χ4n) is 4.03. The second-order valence-electron chi connectivity index (χ2n) is 7.93. The highest BCUT2D eigenvalue weighted by Gasteiger charge is 2.31. The molecule has 5 rings (SSSR count). The van der Waals surface area contributed by atoms with Crippen LogP contribution in [-0.2, 0) is 0 Å². The van der Waals surface area contributed by atoms with E-state index in [1.165, 1.54) is 37.1 Å². The van der Waals surface area contributed by atoms with Crippen molar-refractivity contribution in [1.29, 1.82) is 0 Å². The molecule has 0 unspecified atom stereocenters. The summed E-state index contributed by atoms with van der Waals surface area (Å²) in [6.07, 6.45) is 2.47. The second kappa shape index (κ2) is 8.65. The van der Waals surface area contributed by atoms with Gasteiger partial charge >= 0.3 is 6.36 Å². The van der Waals surface area contributed by atoms with E-state index in [1.807, 2.05) is 18.2 Å². The molecule has 1 saturated heterocycles. The molecule has 0 spiro atoms. The third kappa shape index (κ3) is 4.87. The normalized spacial score (nSPS) is 14.5. The maximum absolute atomic E-state index is 12.4. The van der Waals surface area contributed by atoms with Crippen molar-refractivity contribution in [2.75, 3.05) is 23.3 Å². The molecule has 1 N–H and O–H groups in total. The minimum atomic E-state index is -4.72. The molecule has 0 aliphatic carbocycles. The zero-order chi connectivity index (χ0) is 22.8. The first-order valence-corrected chi connectivity index (χ1v) is 10.8. The number of rotatable bonds is 5. The largest absolute Gasteiger partial charge is 0.573 e. The van der Waals surface area contributed by atoms with E-state index in [1.54, 1.807) is 29.0 Å². The van der Waals surface area contributed by atoms with Crippen LogP contribution in [0.5, 0.6) is 5.75 Å². The van der Waals surface area contributed by atoms with Gasteiger partial charge in [-0.15, -0.1) is 13.2 Å². The van der Waals surface area contributed by atoms with Gasteiger partial charge in [-0.3, -0.25) is 0 Å². The SMILES string of the molecule is FC(F)(F)Oc1ccc(-c2cnn3ccc(Nc4ccc(N5CCCCC5)cc4)nc23)cc1. The molecule has 4 aromatic rings. The highest BCUT2D eigenvalue weighted by atomic mass is 19.4. The van der Waals surface area contributed by atoms with E-state index in [0.717, 1.165) is 18.8 Å². The van der Waals surface area contributed by atoms with E-state index in [0.29, 0.717) is 22.6 Å². The molecule has 1 aliphatic heterocycles. The zero-order valence-electron chi connectivity index (χ0n) is 17.7. The van der Waals surface area contributed by atoms with Gasteiger partial charge in [-0.25, -0.2) is 9.50 Å². The van der Waals surface area contributed by atoms with Crippen molar-refractivity contribution >= 4 is 22.8 Å². The number of anilines is 3. The van der Waals surface area contributed by atoms with E-state index >= 15 is 0 Å². The fourth-order valence-corrected chi connectivity index (χ4v) is 4.03. The average Bonchev–Trinajstić information content (AvgIpc) is 3.23. The van der Waals surface area contributed by atoms with Crippen LogP contribution in [-0.4, -0.2) is 34.0 Å². The summed E-state index contributed by atoms with van der Waals surface area (Å²) in [4.78, 5) is 7.07. The second-order valence-corrected chi connectivity index (χ2v) is 7.93. The molecule has 0 saturated carbocycles. The molecule has 0 radical (unpaired) electrons. The highest BCUT2D eigenvalue weighted by molar-refractivity contribution is 5.78. The summed E-state index contributed by atoms with van der Waals surface area (Å²) in [6.45, 7) is 2.19. The molecule has 33 heavy (non-hydrogen) atoms. The molecular weight excluding hydrogens is 431 g/mol. The number of hydrogen-bond donors (Lipinski definition) is 1. The monoisotopic (exact) mass is 453 g/mol. The number of piperidine rings is 1. The van der Waals surface area contributed by atoms with Gasteiger partial charge in [-0.05, 0) is 67.3 Å². The van der Waals surface area contributed by atoms with E-state index in [9.17, 15) is 13.2 Å². The average molecular weight is 453 g/mol. The predicted molar refractivity (Wildman–Crippen MR) is 121 cm³/mol. The molecule has 2 aromatic carbocycles. The lowest BCUT2D eigenvalue weighted by Gasteiger charge is -2.28. The lowest BCUT2D eigenvalue weighted by Crippen LogP contribution is -2.29. The summed E-state index contributed by atoms with van der Waals surface area (Å²) in [5.74, 6) is 0.373. The van der Waals surface area contributed by atoms with E-state index in [-0.39, 0.29) is 5.75 Å². The molecule has 0 amide bonds. The van der Waals surface area contributed by atoms with Gasteiger partial charge in [0.25, 0.3) is 0 Å². The molecule has 0 bridgehead atoms. The highest BCUT2D eigenvalue weighted by Crippen LogP contribution is 2.29. The van der Waals surface area contributed by atoms with Crippen LogP contribution < -0.4 is 15.0 Å². The summed E-state index contributed by atoms with van der Waals surface area (Å²) in [5, 5.41) is 7.61. The van der Waals surface area contributed by atoms with Gasteiger partial charge in [0.15, 0.2) is 5.65 Å². The van der Waals surface area contributed by atoms with Crippen molar-refractivity contribution < 1.29 is 17.9 Å². The van der Waals surface area contributed by atoms with Gasteiger partial charge < -0.3 is 15.0 Å².